The van der Waals surface area contributed by atoms with Crippen LogP contribution in [0.15, 0.2) is 30.3 Å². The molecule has 0 bridgehead atoms. The van der Waals surface area contributed by atoms with Gasteiger partial charge in [0, 0.05) is 6.54 Å². The van der Waals surface area contributed by atoms with Crippen molar-refractivity contribution in [2.75, 3.05) is 6.54 Å². The molecule has 1 aliphatic rings. The van der Waals surface area contributed by atoms with Gasteiger partial charge in [-0.15, -0.1) is 0 Å². The molecule has 1 aromatic rings. The first-order valence-corrected chi connectivity index (χ1v) is 8.70. The number of benzene rings is 1. The van der Waals surface area contributed by atoms with Crippen LogP contribution in [0.2, 0.25) is 0 Å². The molecule has 7 heteroatoms. The standard InChI is InChI=1S/C19H26N2O5/c1-19(2,3)15(16(22)21-11-7-10-14(21)17(23)24)20-18(25)26-12-13-8-5-4-6-9-13/h4-6,8-9,14-15H,7,10-12H2,1-3H3,(H,20,25)(H,23,24)/t14-,15+/m0/s1. The first kappa shape index (κ1) is 19.8. The molecule has 2 rings (SSSR count). The van der Waals surface area contributed by atoms with Crippen LogP contribution < -0.4 is 5.32 Å². The van der Waals surface area contributed by atoms with Crippen molar-refractivity contribution < 1.29 is 24.2 Å². The second kappa shape index (κ2) is 8.21. The van der Waals surface area contributed by atoms with Crippen molar-refractivity contribution in [2.24, 2.45) is 5.41 Å². The number of ether oxygens (including phenoxy) is 1. The molecule has 1 saturated heterocycles. The van der Waals surface area contributed by atoms with Crippen LogP contribution in [0.25, 0.3) is 0 Å². The van der Waals surface area contributed by atoms with E-state index in [4.69, 9.17) is 4.74 Å². The third-order valence-corrected chi connectivity index (χ3v) is 4.41. The van der Waals surface area contributed by atoms with Crippen molar-refractivity contribution in [1.29, 1.82) is 0 Å². The lowest BCUT2D eigenvalue weighted by Gasteiger charge is -2.34. The number of carboxylic acid groups (broad SMARTS) is 1. The highest BCUT2D eigenvalue weighted by Crippen LogP contribution is 2.26. The predicted octanol–water partition coefficient (Wildman–Crippen LogP) is 2.40. The van der Waals surface area contributed by atoms with Gasteiger partial charge >= 0.3 is 12.1 Å². The molecule has 26 heavy (non-hydrogen) atoms. The molecule has 0 saturated carbocycles. The van der Waals surface area contributed by atoms with E-state index in [0.717, 1.165) is 5.56 Å². The van der Waals surface area contributed by atoms with E-state index in [1.807, 2.05) is 51.1 Å². The molecule has 2 N–H and O–H groups in total. The van der Waals surface area contributed by atoms with Crippen LogP contribution in [0.5, 0.6) is 0 Å². The van der Waals surface area contributed by atoms with Crippen LogP contribution in [0.4, 0.5) is 4.79 Å². The number of hydrogen-bond donors (Lipinski definition) is 2. The van der Waals surface area contributed by atoms with Gasteiger partial charge in [0.05, 0.1) is 0 Å². The van der Waals surface area contributed by atoms with Crippen LogP contribution in [-0.2, 0) is 20.9 Å². The number of likely N-dealkylation sites (tertiary alicyclic amines) is 1. The van der Waals surface area contributed by atoms with Gasteiger partial charge in [-0.25, -0.2) is 9.59 Å². The van der Waals surface area contributed by atoms with Crippen molar-refractivity contribution in [3.05, 3.63) is 35.9 Å². The van der Waals surface area contributed by atoms with Gasteiger partial charge in [0.2, 0.25) is 5.91 Å². The molecule has 0 aromatic heterocycles. The molecule has 1 fully saturated rings. The van der Waals surface area contributed by atoms with Crippen molar-refractivity contribution in [3.63, 3.8) is 0 Å². The summed E-state index contributed by atoms with van der Waals surface area (Å²) in [5.41, 5.74) is 0.251. The Bertz CT molecular complexity index is 654. The normalized spacial score (nSPS) is 18.3. The summed E-state index contributed by atoms with van der Waals surface area (Å²) in [6, 6.07) is 7.52. The van der Waals surface area contributed by atoms with E-state index >= 15 is 0 Å². The lowest BCUT2D eigenvalue weighted by atomic mass is 9.85. The number of amides is 2. The van der Waals surface area contributed by atoms with Crippen molar-refractivity contribution in [3.8, 4) is 0 Å². The van der Waals surface area contributed by atoms with Crippen LogP contribution in [0, 0.1) is 5.41 Å². The van der Waals surface area contributed by atoms with Crippen LogP contribution in [0.1, 0.15) is 39.2 Å². The fourth-order valence-corrected chi connectivity index (χ4v) is 2.98. The second-order valence-corrected chi connectivity index (χ2v) is 7.53. The molecule has 142 valence electrons. The maximum absolute atomic E-state index is 12.9. The summed E-state index contributed by atoms with van der Waals surface area (Å²) in [5, 5.41) is 11.9. The van der Waals surface area contributed by atoms with Gasteiger partial charge in [-0.05, 0) is 23.8 Å². The average molecular weight is 362 g/mol. The maximum Gasteiger partial charge on any atom is 0.408 e. The molecule has 1 aromatic carbocycles. The molecule has 2 atom stereocenters. The molecule has 0 unspecified atom stereocenters. The lowest BCUT2D eigenvalue weighted by molar-refractivity contribution is -0.150. The Morgan fingerprint density at radius 3 is 2.50 bits per heavy atom. The summed E-state index contributed by atoms with van der Waals surface area (Å²) in [6.07, 6.45) is 0.363. The highest BCUT2D eigenvalue weighted by atomic mass is 16.5. The first-order valence-electron chi connectivity index (χ1n) is 8.70. The Balaban J connectivity index is 2.04. The summed E-state index contributed by atoms with van der Waals surface area (Å²) in [7, 11) is 0. The zero-order valence-corrected chi connectivity index (χ0v) is 15.4. The zero-order chi connectivity index (χ0) is 19.3. The van der Waals surface area contributed by atoms with Gasteiger partial charge in [0.15, 0.2) is 0 Å². The third kappa shape index (κ3) is 4.97. The van der Waals surface area contributed by atoms with E-state index in [-0.39, 0.29) is 12.5 Å². The molecular formula is C19H26N2O5. The Hall–Kier alpha value is -2.57. The molecule has 7 nitrogen and oxygen atoms in total. The van der Waals surface area contributed by atoms with Crippen molar-refractivity contribution in [2.45, 2.75) is 52.3 Å². The van der Waals surface area contributed by atoms with Gasteiger partial charge in [0.1, 0.15) is 18.7 Å². The van der Waals surface area contributed by atoms with Gasteiger partial charge in [-0.2, -0.15) is 0 Å². The molecule has 0 spiro atoms. The molecule has 0 aliphatic carbocycles. The van der Waals surface area contributed by atoms with E-state index in [2.05, 4.69) is 5.32 Å². The zero-order valence-electron chi connectivity index (χ0n) is 15.4. The van der Waals surface area contributed by atoms with Crippen LogP contribution in [0.3, 0.4) is 0 Å². The van der Waals surface area contributed by atoms with E-state index in [1.54, 1.807) is 0 Å². The minimum absolute atomic E-state index is 0.0964. The Labute approximate surface area is 153 Å². The number of alkyl carbamates (subject to hydrolysis) is 1. The Morgan fingerprint density at radius 2 is 1.92 bits per heavy atom. The fourth-order valence-electron chi connectivity index (χ4n) is 2.98. The number of hydrogen-bond acceptors (Lipinski definition) is 4. The summed E-state index contributed by atoms with van der Waals surface area (Å²) in [6.45, 7) is 5.93. The minimum Gasteiger partial charge on any atom is -0.480 e. The second-order valence-electron chi connectivity index (χ2n) is 7.53. The van der Waals surface area contributed by atoms with Crippen molar-refractivity contribution in [1.82, 2.24) is 10.2 Å². The maximum atomic E-state index is 12.9. The van der Waals surface area contributed by atoms with Gasteiger partial charge in [-0.1, -0.05) is 51.1 Å². The van der Waals surface area contributed by atoms with Gasteiger partial charge in [0.25, 0.3) is 0 Å². The number of carbonyl (C=O) groups excluding carboxylic acids is 2. The summed E-state index contributed by atoms with van der Waals surface area (Å²) in [4.78, 5) is 37.8. The SMILES string of the molecule is CC(C)(C)[C@H](NC(=O)OCc1ccccc1)C(=O)N1CCC[C@H]1C(=O)O. The first-order chi connectivity index (χ1) is 12.2. The molecule has 1 heterocycles. The Morgan fingerprint density at radius 1 is 1.27 bits per heavy atom. The van der Waals surface area contributed by atoms with E-state index in [0.29, 0.717) is 19.4 Å². The highest BCUT2D eigenvalue weighted by Gasteiger charge is 2.42. The minimum atomic E-state index is -1.02. The average Bonchev–Trinajstić information content (AvgIpc) is 3.07. The largest absolute Gasteiger partial charge is 0.480 e. The summed E-state index contributed by atoms with van der Waals surface area (Å²) >= 11 is 0. The quantitative estimate of drug-likeness (QED) is 0.838. The van der Waals surface area contributed by atoms with Crippen molar-refractivity contribution >= 4 is 18.0 Å². The smallest absolute Gasteiger partial charge is 0.408 e. The van der Waals surface area contributed by atoms with E-state index in [9.17, 15) is 19.5 Å². The van der Waals surface area contributed by atoms with Gasteiger partial charge < -0.3 is 20.1 Å². The van der Waals surface area contributed by atoms with E-state index < -0.39 is 29.6 Å². The molecule has 2 amide bonds. The highest BCUT2D eigenvalue weighted by molar-refractivity contribution is 5.90. The number of carbonyl (C=O) groups is 3. The van der Waals surface area contributed by atoms with Crippen LogP contribution >= 0.6 is 0 Å². The number of carboxylic acids is 1. The van der Waals surface area contributed by atoms with Gasteiger partial charge in [-0.3, -0.25) is 4.79 Å². The monoisotopic (exact) mass is 362 g/mol. The Kier molecular flexibility index (Phi) is 6.23. The third-order valence-electron chi connectivity index (χ3n) is 4.41. The topological polar surface area (TPSA) is 95.9 Å². The number of rotatable bonds is 5. The van der Waals surface area contributed by atoms with Crippen LogP contribution in [-0.4, -0.2) is 46.6 Å². The lowest BCUT2D eigenvalue weighted by Crippen LogP contribution is -2.56. The molecule has 1 aliphatic heterocycles. The number of nitrogens with zero attached hydrogens (tertiary/aromatic N) is 1. The predicted molar refractivity (Wildman–Crippen MR) is 95.4 cm³/mol. The molecular weight excluding hydrogens is 336 g/mol. The number of aliphatic carboxylic acids is 1. The summed E-state index contributed by atoms with van der Waals surface area (Å²) < 4.78 is 5.20. The molecule has 0 radical (unpaired) electrons. The summed E-state index contributed by atoms with van der Waals surface area (Å²) in [5.74, 6) is -1.41. The number of nitrogens with one attached hydrogen (secondary N) is 1. The van der Waals surface area contributed by atoms with E-state index in [1.165, 1.54) is 4.90 Å². The fraction of sp³-hybridized carbons (Fsp3) is 0.526.